The number of epoxide rings is 1. The van der Waals surface area contributed by atoms with Crippen LogP contribution in [-0.2, 0) is 20.7 Å². The Kier molecular flexibility index (Phi) is 5.87. The molecule has 0 aromatic heterocycles. The molecule has 2 aliphatic heterocycles. The van der Waals surface area contributed by atoms with Gasteiger partial charge in [-0.15, -0.1) is 0 Å². The molecule has 7 heteroatoms. The van der Waals surface area contributed by atoms with Crippen LogP contribution in [0.15, 0.2) is 30.4 Å². The highest BCUT2D eigenvalue weighted by Crippen LogP contribution is 2.39. The number of esters is 1. The first kappa shape index (κ1) is 19.5. The summed E-state index contributed by atoms with van der Waals surface area (Å²) in [5, 5.41) is 0.188. The van der Waals surface area contributed by atoms with Crippen LogP contribution in [0, 0.1) is 0 Å². The van der Waals surface area contributed by atoms with E-state index in [2.05, 4.69) is 0 Å². The maximum absolute atomic E-state index is 12.9. The van der Waals surface area contributed by atoms with Gasteiger partial charge in [-0.2, -0.15) is 0 Å². The quantitative estimate of drug-likeness (QED) is 0.568. The Morgan fingerprint density at radius 3 is 2.59 bits per heavy atom. The van der Waals surface area contributed by atoms with Crippen LogP contribution in [0.25, 0.3) is 0 Å². The Morgan fingerprint density at radius 1 is 1.15 bits per heavy atom. The van der Waals surface area contributed by atoms with E-state index < -0.39 is 5.97 Å². The van der Waals surface area contributed by atoms with E-state index in [1.807, 2.05) is 6.08 Å². The molecule has 0 N–H and O–H groups in total. The second kappa shape index (κ2) is 8.15. The number of fused-ring (bicyclic) bond motifs is 2. The number of carbonyl (C=O) groups excluding carboxylic acids is 2. The second-order valence-corrected chi connectivity index (χ2v) is 6.80. The van der Waals surface area contributed by atoms with Crippen molar-refractivity contribution in [1.29, 1.82) is 0 Å². The Labute approximate surface area is 162 Å². The van der Waals surface area contributed by atoms with E-state index in [0.29, 0.717) is 17.7 Å². The summed E-state index contributed by atoms with van der Waals surface area (Å²) in [6.07, 6.45) is 6.84. The fourth-order valence-electron chi connectivity index (χ4n) is 3.06. The molecular weight excluding hydrogens is 372 g/mol. The zero-order chi connectivity index (χ0) is 19.6. The first-order valence-electron chi connectivity index (χ1n) is 8.62. The third-order valence-corrected chi connectivity index (χ3v) is 4.89. The number of rotatable bonds is 2. The molecule has 6 nitrogen and oxygen atoms in total. The normalized spacial score (nSPS) is 25.1. The van der Waals surface area contributed by atoms with Crippen LogP contribution < -0.4 is 9.47 Å². The lowest BCUT2D eigenvalue weighted by atomic mass is 9.99. The van der Waals surface area contributed by atoms with Gasteiger partial charge in [0.1, 0.15) is 29.3 Å². The lowest BCUT2D eigenvalue weighted by Crippen LogP contribution is -2.20. The Hall–Kier alpha value is -2.31. The molecule has 2 heterocycles. The molecule has 1 fully saturated rings. The number of halogens is 1. The average molecular weight is 393 g/mol. The van der Waals surface area contributed by atoms with Crippen molar-refractivity contribution in [3.63, 3.8) is 0 Å². The number of hydrogen-bond donors (Lipinski definition) is 0. The number of benzene rings is 1. The van der Waals surface area contributed by atoms with Gasteiger partial charge in [0, 0.05) is 24.5 Å². The van der Waals surface area contributed by atoms with Gasteiger partial charge in [0.15, 0.2) is 5.78 Å². The number of ether oxygens (including phenoxy) is 4. The third kappa shape index (κ3) is 4.34. The van der Waals surface area contributed by atoms with Gasteiger partial charge < -0.3 is 18.9 Å². The number of cyclic esters (lactones) is 1. The molecule has 1 aromatic rings. The number of methoxy groups -OCH3 is 2. The summed E-state index contributed by atoms with van der Waals surface area (Å²) < 4.78 is 21.7. The van der Waals surface area contributed by atoms with Crippen LogP contribution in [0.1, 0.15) is 29.3 Å². The molecule has 0 bridgehead atoms. The summed E-state index contributed by atoms with van der Waals surface area (Å²) in [6.45, 7) is 1.80. The molecule has 1 aromatic carbocycles. The van der Waals surface area contributed by atoms with E-state index in [1.54, 1.807) is 19.1 Å². The minimum Gasteiger partial charge on any atom is -0.496 e. The van der Waals surface area contributed by atoms with Gasteiger partial charge in [0.05, 0.1) is 25.3 Å². The molecule has 3 atom stereocenters. The summed E-state index contributed by atoms with van der Waals surface area (Å²) in [7, 11) is 2.88. The lowest BCUT2D eigenvalue weighted by Gasteiger charge is -2.19. The third-order valence-electron chi connectivity index (χ3n) is 4.47. The molecule has 1 saturated heterocycles. The van der Waals surface area contributed by atoms with Crippen molar-refractivity contribution in [2.75, 3.05) is 14.2 Å². The molecule has 2 aliphatic rings. The standard InChI is InChI=1S/C20H21ClO6/c1-11-8-15-14(27-15)7-5-4-6-12(22)9-13-18(20(23)26-11)16(24-2)10-17(25-3)19(13)21/h4-7,10-11,14-15H,8-9H2,1-3H3/t11-,14-,15+/m0/s1. The van der Waals surface area contributed by atoms with E-state index in [1.165, 1.54) is 26.4 Å². The topological polar surface area (TPSA) is 74.4 Å². The molecule has 0 radical (unpaired) electrons. The van der Waals surface area contributed by atoms with Gasteiger partial charge in [-0.1, -0.05) is 29.8 Å². The fourth-order valence-corrected chi connectivity index (χ4v) is 3.36. The second-order valence-electron chi connectivity index (χ2n) is 6.43. The van der Waals surface area contributed by atoms with Crippen molar-refractivity contribution in [3.8, 4) is 11.5 Å². The van der Waals surface area contributed by atoms with Crippen molar-refractivity contribution in [2.45, 2.75) is 38.1 Å². The Morgan fingerprint density at radius 2 is 1.89 bits per heavy atom. The molecule has 3 rings (SSSR count). The van der Waals surface area contributed by atoms with Gasteiger partial charge in [-0.25, -0.2) is 4.79 Å². The molecule has 27 heavy (non-hydrogen) atoms. The lowest BCUT2D eigenvalue weighted by molar-refractivity contribution is -0.114. The summed E-state index contributed by atoms with van der Waals surface area (Å²) >= 11 is 6.41. The Bertz CT molecular complexity index is 813. The van der Waals surface area contributed by atoms with Gasteiger partial charge in [-0.3, -0.25) is 4.79 Å². The number of carbonyl (C=O) groups is 2. The largest absolute Gasteiger partial charge is 0.496 e. The molecule has 0 spiro atoms. The van der Waals surface area contributed by atoms with Crippen molar-refractivity contribution in [2.24, 2.45) is 0 Å². The summed E-state index contributed by atoms with van der Waals surface area (Å²) in [5.74, 6) is -0.252. The molecule has 0 saturated carbocycles. The van der Waals surface area contributed by atoms with Crippen molar-refractivity contribution in [1.82, 2.24) is 0 Å². The maximum atomic E-state index is 12.9. The zero-order valence-corrected chi connectivity index (χ0v) is 16.1. The summed E-state index contributed by atoms with van der Waals surface area (Å²) in [6, 6.07) is 1.51. The number of hydrogen-bond acceptors (Lipinski definition) is 6. The first-order chi connectivity index (χ1) is 12.9. The van der Waals surface area contributed by atoms with E-state index in [-0.39, 0.29) is 46.9 Å². The highest BCUT2D eigenvalue weighted by atomic mass is 35.5. The van der Waals surface area contributed by atoms with Crippen molar-refractivity contribution in [3.05, 3.63) is 46.5 Å². The predicted octanol–water partition coefficient (Wildman–Crippen LogP) is 3.30. The van der Waals surface area contributed by atoms with E-state index in [0.717, 1.165) is 0 Å². The van der Waals surface area contributed by atoms with Crippen LogP contribution in [0.3, 0.4) is 0 Å². The van der Waals surface area contributed by atoms with Crippen molar-refractivity contribution < 1.29 is 28.5 Å². The van der Waals surface area contributed by atoms with E-state index >= 15 is 0 Å². The van der Waals surface area contributed by atoms with Crippen LogP contribution in [0.4, 0.5) is 0 Å². The van der Waals surface area contributed by atoms with Crippen LogP contribution in [-0.4, -0.2) is 44.3 Å². The van der Waals surface area contributed by atoms with E-state index in [4.69, 9.17) is 30.5 Å². The molecular formula is C20H21ClO6. The van der Waals surface area contributed by atoms with Crippen LogP contribution in [0.2, 0.25) is 5.02 Å². The fraction of sp³-hybridized carbons (Fsp3) is 0.400. The van der Waals surface area contributed by atoms with Crippen molar-refractivity contribution >= 4 is 23.4 Å². The zero-order valence-electron chi connectivity index (χ0n) is 15.4. The monoisotopic (exact) mass is 392 g/mol. The van der Waals surface area contributed by atoms with E-state index in [9.17, 15) is 9.59 Å². The van der Waals surface area contributed by atoms with Gasteiger partial charge in [-0.05, 0) is 13.0 Å². The van der Waals surface area contributed by atoms with Gasteiger partial charge >= 0.3 is 5.97 Å². The average Bonchev–Trinajstić information content (AvgIpc) is 3.36. The summed E-state index contributed by atoms with van der Waals surface area (Å²) in [4.78, 5) is 25.2. The molecule has 0 unspecified atom stereocenters. The van der Waals surface area contributed by atoms with Crippen LogP contribution in [0.5, 0.6) is 11.5 Å². The maximum Gasteiger partial charge on any atom is 0.342 e. The van der Waals surface area contributed by atoms with Gasteiger partial charge in [0.2, 0.25) is 0 Å². The molecule has 0 aliphatic carbocycles. The highest BCUT2D eigenvalue weighted by molar-refractivity contribution is 6.33. The highest BCUT2D eigenvalue weighted by Gasteiger charge is 2.38. The SMILES string of the molecule is COc1cc(OC)c2c(c1Cl)CC(=O)C=CC=C[C@@H]1O[C@@H]1C[C@H](C)OC2=O. The number of allylic oxidation sites excluding steroid dienone is 3. The summed E-state index contributed by atoms with van der Waals surface area (Å²) in [5.41, 5.74) is 0.457. The first-order valence-corrected chi connectivity index (χ1v) is 8.99. The minimum atomic E-state index is -0.597. The predicted molar refractivity (Wildman–Crippen MR) is 99.7 cm³/mol. The van der Waals surface area contributed by atoms with Gasteiger partial charge in [0.25, 0.3) is 0 Å². The molecule has 0 amide bonds. The number of ketones is 1. The molecule has 144 valence electrons. The minimum absolute atomic E-state index is 0.00286. The Balaban J connectivity index is 2.06. The van der Waals surface area contributed by atoms with Crippen LogP contribution >= 0.6 is 11.6 Å². The smallest absolute Gasteiger partial charge is 0.342 e.